The minimum atomic E-state index is -0.651. The molecule has 0 radical (unpaired) electrons. The van der Waals surface area contributed by atoms with Crippen LogP contribution in [0.1, 0.15) is 43.5 Å². The molecule has 2 rings (SSSR count). The summed E-state index contributed by atoms with van der Waals surface area (Å²) in [5, 5.41) is 2.82. The molecule has 2 aromatic rings. The maximum atomic E-state index is 13.8. The van der Waals surface area contributed by atoms with Gasteiger partial charge in [0.25, 0.3) is 0 Å². The second-order valence-corrected chi connectivity index (χ2v) is 6.37. The summed E-state index contributed by atoms with van der Waals surface area (Å²) in [7, 11) is 0. The van der Waals surface area contributed by atoms with Gasteiger partial charge in [-0.3, -0.25) is 9.59 Å². The predicted octanol–water partition coefficient (Wildman–Crippen LogP) is 4.76. The van der Waals surface area contributed by atoms with Crippen molar-refractivity contribution in [1.29, 1.82) is 0 Å². The second kappa shape index (κ2) is 9.22. The maximum absolute atomic E-state index is 13.8. The average molecular weight is 359 g/mol. The highest BCUT2D eigenvalue weighted by Crippen LogP contribution is 2.24. The van der Waals surface area contributed by atoms with Crippen LogP contribution in [-0.4, -0.2) is 18.2 Å². The van der Waals surface area contributed by atoms with Crippen molar-refractivity contribution in [3.05, 3.63) is 59.7 Å². The summed E-state index contributed by atoms with van der Waals surface area (Å²) in [6.07, 6.45) is 2.02. The van der Waals surface area contributed by atoms with Gasteiger partial charge in [-0.1, -0.05) is 44.5 Å². The van der Waals surface area contributed by atoms with Gasteiger partial charge in [0.15, 0.2) is 5.78 Å². The molecule has 0 bridgehead atoms. The lowest BCUT2D eigenvalue weighted by Gasteiger charge is -2.11. The minimum absolute atomic E-state index is 0.113. The molecule has 3 nitrogen and oxygen atoms in total. The van der Waals surface area contributed by atoms with Crippen molar-refractivity contribution in [1.82, 2.24) is 5.32 Å². The van der Waals surface area contributed by atoms with Crippen molar-refractivity contribution < 1.29 is 18.4 Å². The number of ketones is 1. The van der Waals surface area contributed by atoms with Crippen LogP contribution in [-0.2, 0) is 4.79 Å². The number of amides is 1. The summed E-state index contributed by atoms with van der Waals surface area (Å²) in [6, 6.07) is 9.82. The van der Waals surface area contributed by atoms with Crippen LogP contribution < -0.4 is 5.32 Å². The van der Waals surface area contributed by atoms with Gasteiger partial charge in [-0.15, -0.1) is 0 Å². The Kier molecular flexibility index (Phi) is 7.01. The summed E-state index contributed by atoms with van der Waals surface area (Å²) in [6.45, 7) is 4.38. The van der Waals surface area contributed by atoms with Gasteiger partial charge >= 0.3 is 0 Å². The largest absolute Gasteiger partial charge is 0.356 e. The Bertz CT molecular complexity index is 772. The van der Waals surface area contributed by atoms with Crippen molar-refractivity contribution in [3.8, 4) is 11.1 Å². The molecule has 0 spiro atoms. The van der Waals surface area contributed by atoms with E-state index in [1.807, 2.05) is 6.92 Å². The molecule has 0 aromatic heterocycles. The van der Waals surface area contributed by atoms with Crippen LogP contribution in [0.2, 0.25) is 0 Å². The molecule has 0 aliphatic rings. The van der Waals surface area contributed by atoms with E-state index in [1.54, 1.807) is 31.2 Å². The molecule has 0 fully saturated rings. The monoisotopic (exact) mass is 359 g/mol. The molecule has 0 heterocycles. The van der Waals surface area contributed by atoms with Gasteiger partial charge in [0.2, 0.25) is 5.91 Å². The SMILES string of the molecule is CCCCNC(=O)C(C)CC(=O)c1ccc(-c2ccc(F)cc2F)cc1. The number of halogens is 2. The van der Waals surface area contributed by atoms with Crippen molar-refractivity contribution in [2.75, 3.05) is 6.54 Å². The number of carbonyl (C=O) groups excluding carboxylic acids is 2. The molecule has 26 heavy (non-hydrogen) atoms. The Morgan fingerprint density at radius 1 is 1.08 bits per heavy atom. The fourth-order valence-electron chi connectivity index (χ4n) is 2.61. The molecule has 1 N–H and O–H groups in total. The molecule has 0 aliphatic heterocycles. The molecule has 5 heteroatoms. The molecule has 1 unspecified atom stereocenters. The summed E-state index contributed by atoms with van der Waals surface area (Å²) in [4.78, 5) is 24.3. The lowest BCUT2D eigenvalue weighted by molar-refractivity contribution is -0.124. The van der Waals surface area contributed by atoms with Crippen molar-refractivity contribution >= 4 is 11.7 Å². The van der Waals surface area contributed by atoms with Crippen LogP contribution in [0.25, 0.3) is 11.1 Å². The number of hydrogen-bond donors (Lipinski definition) is 1. The van der Waals surface area contributed by atoms with Crippen LogP contribution in [0.15, 0.2) is 42.5 Å². The summed E-state index contributed by atoms with van der Waals surface area (Å²) < 4.78 is 26.8. The zero-order chi connectivity index (χ0) is 19.1. The smallest absolute Gasteiger partial charge is 0.223 e. The third-order valence-electron chi connectivity index (χ3n) is 4.22. The number of nitrogens with one attached hydrogen (secondary N) is 1. The number of carbonyl (C=O) groups is 2. The van der Waals surface area contributed by atoms with Crippen LogP contribution in [0.4, 0.5) is 8.78 Å². The number of hydrogen-bond acceptors (Lipinski definition) is 2. The quantitative estimate of drug-likeness (QED) is 0.546. The Morgan fingerprint density at radius 3 is 2.38 bits per heavy atom. The minimum Gasteiger partial charge on any atom is -0.356 e. The van der Waals surface area contributed by atoms with Gasteiger partial charge < -0.3 is 5.32 Å². The molecule has 0 saturated heterocycles. The highest BCUT2D eigenvalue weighted by atomic mass is 19.1. The van der Waals surface area contributed by atoms with Gasteiger partial charge in [-0.05, 0) is 24.1 Å². The van der Waals surface area contributed by atoms with E-state index < -0.39 is 17.6 Å². The van der Waals surface area contributed by atoms with Crippen molar-refractivity contribution in [2.24, 2.45) is 5.92 Å². The average Bonchev–Trinajstić information content (AvgIpc) is 2.62. The topological polar surface area (TPSA) is 46.2 Å². The first kappa shape index (κ1) is 19.8. The molecule has 1 amide bonds. The molecule has 2 aromatic carbocycles. The van der Waals surface area contributed by atoms with E-state index in [-0.39, 0.29) is 23.7 Å². The van der Waals surface area contributed by atoms with Gasteiger partial charge in [-0.2, -0.15) is 0 Å². The number of Topliss-reactive ketones (excluding diaryl/α,β-unsaturated/α-hetero) is 1. The van der Waals surface area contributed by atoms with Crippen LogP contribution in [0.3, 0.4) is 0 Å². The molecular weight excluding hydrogens is 336 g/mol. The van der Waals surface area contributed by atoms with E-state index in [2.05, 4.69) is 5.32 Å². The van der Waals surface area contributed by atoms with Crippen molar-refractivity contribution in [2.45, 2.75) is 33.1 Å². The molecular formula is C21H23F2NO2. The third kappa shape index (κ3) is 5.22. The molecule has 0 saturated carbocycles. The van der Waals surface area contributed by atoms with Gasteiger partial charge in [0.1, 0.15) is 11.6 Å². The normalized spacial score (nSPS) is 11.8. The number of rotatable bonds is 8. The summed E-state index contributed by atoms with van der Waals surface area (Å²) in [5.41, 5.74) is 1.29. The van der Waals surface area contributed by atoms with E-state index in [0.29, 0.717) is 17.7 Å². The van der Waals surface area contributed by atoms with E-state index in [0.717, 1.165) is 18.9 Å². The van der Waals surface area contributed by atoms with Gasteiger partial charge in [0, 0.05) is 36.1 Å². The molecule has 138 valence electrons. The Balaban J connectivity index is 2.01. The zero-order valence-electron chi connectivity index (χ0n) is 15.0. The summed E-state index contributed by atoms with van der Waals surface area (Å²) >= 11 is 0. The maximum Gasteiger partial charge on any atom is 0.223 e. The third-order valence-corrected chi connectivity index (χ3v) is 4.22. The van der Waals surface area contributed by atoms with E-state index in [1.165, 1.54) is 12.1 Å². The zero-order valence-corrected chi connectivity index (χ0v) is 15.0. The lowest BCUT2D eigenvalue weighted by Crippen LogP contribution is -2.31. The van der Waals surface area contributed by atoms with Crippen LogP contribution in [0.5, 0.6) is 0 Å². The molecule has 0 aliphatic carbocycles. The Morgan fingerprint density at radius 2 is 1.77 bits per heavy atom. The van der Waals surface area contributed by atoms with E-state index in [9.17, 15) is 18.4 Å². The Labute approximate surface area is 152 Å². The first-order chi connectivity index (χ1) is 12.4. The van der Waals surface area contributed by atoms with Crippen LogP contribution >= 0.6 is 0 Å². The number of benzene rings is 2. The van der Waals surface area contributed by atoms with E-state index >= 15 is 0 Å². The fraction of sp³-hybridized carbons (Fsp3) is 0.333. The highest BCUT2D eigenvalue weighted by molar-refractivity contribution is 5.98. The highest BCUT2D eigenvalue weighted by Gasteiger charge is 2.18. The second-order valence-electron chi connectivity index (χ2n) is 6.37. The molecule has 1 atom stereocenters. The van der Waals surface area contributed by atoms with Crippen molar-refractivity contribution in [3.63, 3.8) is 0 Å². The van der Waals surface area contributed by atoms with Gasteiger partial charge in [-0.25, -0.2) is 8.78 Å². The Hall–Kier alpha value is -2.56. The standard InChI is InChI=1S/C21H23F2NO2/c1-3-4-11-24-21(26)14(2)12-20(25)16-7-5-15(6-8-16)18-10-9-17(22)13-19(18)23/h5-10,13-14H,3-4,11-12H2,1-2H3,(H,24,26). The lowest BCUT2D eigenvalue weighted by atomic mass is 9.97. The fourth-order valence-corrected chi connectivity index (χ4v) is 2.61. The van der Waals surface area contributed by atoms with Crippen LogP contribution in [0, 0.1) is 17.6 Å². The summed E-state index contributed by atoms with van der Waals surface area (Å²) in [5.74, 6) is -1.97. The first-order valence-electron chi connectivity index (χ1n) is 8.78. The first-order valence-corrected chi connectivity index (χ1v) is 8.78. The van der Waals surface area contributed by atoms with E-state index in [4.69, 9.17) is 0 Å². The number of unbranched alkanes of at least 4 members (excludes halogenated alkanes) is 1. The predicted molar refractivity (Wildman–Crippen MR) is 97.8 cm³/mol. The van der Waals surface area contributed by atoms with Gasteiger partial charge in [0.05, 0.1) is 0 Å².